The van der Waals surface area contributed by atoms with Gasteiger partial charge in [0.2, 0.25) is 16.9 Å². The highest BCUT2D eigenvalue weighted by molar-refractivity contribution is 6.32. The van der Waals surface area contributed by atoms with Crippen LogP contribution >= 0.6 is 11.6 Å². The van der Waals surface area contributed by atoms with E-state index in [0.29, 0.717) is 5.02 Å². The smallest absolute Gasteiger partial charge is 0.371 e. The summed E-state index contributed by atoms with van der Waals surface area (Å²) in [6.07, 6.45) is 0.940. The van der Waals surface area contributed by atoms with Gasteiger partial charge in [0.05, 0.1) is 5.02 Å². The second-order valence-corrected chi connectivity index (χ2v) is 3.72. The molecular weight excluding hydrogens is 260 g/mol. The lowest BCUT2D eigenvalue weighted by atomic mass is 10.3. The molecule has 0 amide bonds. The van der Waals surface area contributed by atoms with Crippen LogP contribution in [0.1, 0.15) is 10.6 Å². The van der Waals surface area contributed by atoms with Gasteiger partial charge in [-0.1, -0.05) is 23.7 Å². The number of carboxylic acid groups (broad SMARTS) is 1. The van der Waals surface area contributed by atoms with Gasteiger partial charge >= 0.3 is 5.97 Å². The van der Waals surface area contributed by atoms with Gasteiger partial charge in [-0.3, -0.25) is 4.79 Å². The van der Waals surface area contributed by atoms with Gasteiger partial charge in [0.25, 0.3) is 0 Å². The molecule has 0 bridgehead atoms. The van der Waals surface area contributed by atoms with Crippen LogP contribution in [0.15, 0.2) is 45.8 Å². The van der Waals surface area contributed by atoms with Gasteiger partial charge in [-0.25, -0.2) is 4.79 Å². The summed E-state index contributed by atoms with van der Waals surface area (Å²) >= 11 is 5.86. The topological polar surface area (TPSA) is 76.7 Å². The second-order valence-electron chi connectivity index (χ2n) is 3.31. The third-order valence-corrected chi connectivity index (χ3v) is 2.38. The quantitative estimate of drug-likeness (QED) is 0.924. The number of carboxylic acids is 1. The van der Waals surface area contributed by atoms with Crippen molar-refractivity contribution in [2.24, 2.45) is 0 Å². The summed E-state index contributed by atoms with van der Waals surface area (Å²) in [6, 6.07) is 7.42. The minimum atomic E-state index is -1.32. The highest BCUT2D eigenvalue weighted by atomic mass is 35.5. The van der Waals surface area contributed by atoms with Gasteiger partial charge in [0.1, 0.15) is 12.0 Å². The summed E-state index contributed by atoms with van der Waals surface area (Å²) in [6.45, 7) is 0. The summed E-state index contributed by atoms with van der Waals surface area (Å²) in [4.78, 5) is 22.2. The number of halogens is 1. The molecular formula is C12H7ClO5. The molecule has 92 valence electrons. The molecule has 1 N–H and O–H groups in total. The summed E-state index contributed by atoms with van der Waals surface area (Å²) in [5.41, 5.74) is -0.599. The van der Waals surface area contributed by atoms with Gasteiger partial charge in [0, 0.05) is 6.07 Å². The maximum atomic E-state index is 11.6. The number of benzene rings is 1. The van der Waals surface area contributed by atoms with Crippen molar-refractivity contribution in [3.8, 4) is 11.5 Å². The Bertz CT molecular complexity index is 647. The number of hydrogen-bond acceptors (Lipinski definition) is 4. The first-order chi connectivity index (χ1) is 8.58. The molecule has 0 radical (unpaired) electrons. The van der Waals surface area contributed by atoms with Gasteiger partial charge in [-0.15, -0.1) is 0 Å². The van der Waals surface area contributed by atoms with Crippen LogP contribution in [0, 0.1) is 0 Å². The van der Waals surface area contributed by atoms with Crippen molar-refractivity contribution in [1.82, 2.24) is 0 Å². The lowest BCUT2D eigenvalue weighted by Crippen LogP contribution is -2.07. The van der Waals surface area contributed by atoms with E-state index >= 15 is 0 Å². The summed E-state index contributed by atoms with van der Waals surface area (Å²) < 4.78 is 9.99. The van der Waals surface area contributed by atoms with Crippen molar-refractivity contribution in [2.45, 2.75) is 0 Å². The molecule has 0 fully saturated rings. The molecule has 0 aliphatic rings. The molecule has 5 nitrogen and oxygen atoms in total. The first-order valence-corrected chi connectivity index (χ1v) is 5.24. The van der Waals surface area contributed by atoms with E-state index in [1.54, 1.807) is 24.3 Å². The van der Waals surface area contributed by atoms with Gasteiger partial charge < -0.3 is 14.3 Å². The van der Waals surface area contributed by atoms with E-state index in [4.69, 9.17) is 25.9 Å². The molecule has 6 heteroatoms. The number of carbonyl (C=O) groups is 1. The lowest BCUT2D eigenvalue weighted by molar-refractivity contribution is 0.0659. The number of aromatic carboxylic acids is 1. The van der Waals surface area contributed by atoms with Crippen molar-refractivity contribution < 1.29 is 19.1 Å². The summed E-state index contributed by atoms with van der Waals surface area (Å²) in [5.74, 6) is -1.62. The molecule has 0 spiro atoms. The molecule has 0 aliphatic heterocycles. The third kappa shape index (κ3) is 2.52. The predicted octanol–water partition coefficient (Wildman–Crippen LogP) is 2.78. The molecule has 1 heterocycles. The molecule has 1 aromatic carbocycles. The van der Waals surface area contributed by atoms with Crippen LogP contribution in [0.4, 0.5) is 0 Å². The van der Waals surface area contributed by atoms with Gasteiger partial charge in [-0.05, 0) is 12.1 Å². The van der Waals surface area contributed by atoms with Gasteiger partial charge in [0.15, 0.2) is 0 Å². The Morgan fingerprint density at radius 3 is 2.61 bits per heavy atom. The molecule has 1 aromatic heterocycles. The van der Waals surface area contributed by atoms with E-state index in [1.807, 2.05) is 0 Å². The highest BCUT2D eigenvalue weighted by Gasteiger charge is 2.11. The normalized spacial score (nSPS) is 10.1. The van der Waals surface area contributed by atoms with Crippen molar-refractivity contribution in [1.29, 1.82) is 0 Å². The maximum Gasteiger partial charge on any atom is 0.371 e. The van der Waals surface area contributed by atoms with Crippen molar-refractivity contribution in [2.75, 3.05) is 0 Å². The largest absolute Gasteiger partial charge is 0.475 e. The predicted molar refractivity (Wildman–Crippen MR) is 63.5 cm³/mol. The SMILES string of the molecule is O=C(O)c1cc(=O)c(Oc2ccccc2Cl)co1. The summed E-state index contributed by atoms with van der Waals surface area (Å²) in [5, 5.41) is 8.97. The average Bonchev–Trinajstić information content (AvgIpc) is 2.34. The Labute approximate surface area is 106 Å². The Balaban J connectivity index is 2.34. The number of ether oxygens (including phenoxy) is 1. The highest BCUT2D eigenvalue weighted by Crippen LogP contribution is 2.27. The minimum absolute atomic E-state index is 0.131. The van der Waals surface area contributed by atoms with Crippen LogP contribution in [-0.4, -0.2) is 11.1 Å². The Morgan fingerprint density at radius 1 is 1.28 bits per heavy atom. The van der Waals surface area contributed by atoms with Crippen LogP contribution in [0.3, 0.4) is 0 Å². The van der Waals surface area contributed by atoms with Crippen LogP contribution in [0.2, 0.25) is 5.02 Å². The molecule has 2 rings (SSSR count). The molecule has 0 saturated carbocycles. The van der Waals surface area contributed by atoms with Crippen LogP contribution in [0.25, 0.3) is 0 Å². The number of hydrogen-bond donors (Lipinski definition) is 1. The number of rotatable bonds is 3. The monoisotopic (exact) mass is 266 g/mol. The zero-order valence-corrected chi connectivity index (χ0v) is 9.68. The molecule has 2 aromatic rings. The minimum Gasteiger partial charge on any atom is -0.475 e. The third-order valence-electron chi connectivity index (χ3n) is 2.07. The van der Waals surface area contributed by atoms with Crippen LogP contribution in [-0.2, 0) is 0 Å². The van der Waals surface area contributed by atoms with Crippen LogP contribution in [0.5, 0.6) is 11.5 Å². The molecule has 0 unspecified atom stereocenters. The van der Waals surface area contributed by atoms with E-state index in [1.165, 1.54) is 0 Å². The van der Waals surface area contributed by atoms with E-state index < -0.39 is 17.2 Å². The molecule has 0 aliphatic carbocycles. The standard InChI is InChI=1S/C12H7ClO5/c13-7-3-1-2-4-9(7)18-11-6-17-10(12(15)16)5-8(11)14/h1-6H,(H,15,16). The zero-order valence-electron chi connectivity index (χ0n) is 8.92. The van der Waals surface area contributed by atoms with Gasteiger partial charge in [-0.2, -0.15) is 0 Å². The summed E-state index contributed by atoms with van der Waals surface area (Å²) in [7, 11) is 0. The van der Waals surface area contributed by atoms with Crippen LogP contribution < -0.4 is 10.2 Å². The van der Waals surface area contributed by atoms with E-state index in [-0.39, 0.29) is 11.5 Å². The molecule has 0 saturated heterocycles. The van der Waals surface area contributed by atoms with E-state index in [2.05, 4.69) is 0 Å². The van der Waals surface area contributed by atoms with E-state index in [9.17, 15) is 9.59 Å². The Hall–Kier alpha value is -2.27. The fraction of sp³-hybridized carbons (Fsp3) is 0. The molecule has 0 atom stereocenters. The molecule has 18 heavy (non-hydrogen) atoms. The zero-order chi connectivity index (χ0) is 13.1. The Morgan fingerprint density at radius 2 is 2.00 bits per heavy atom. The number of para-hydroxylation sites is 1. The maximum absolute atomic E-state index is 11.6. The van der Waals surface area contributed by atoms with Crippen molar-refractivity contribution in [3.05, 3.63) is 57.6 Å². The van der Waals surface area contributed by atoms with Crippen molar-refractivity contribution >= 4 is 17.6 Å². The lowest BCUT2D eigenvalue weighted by Gasteiger charge is -2.05. The van der Waals surface area contributed by atoms with E-state index in [0.717, 1.165) is 12.3 Å². The second kappa shape index (κ2) is 4.93. The first kappa shape index (κ1) is 12.2. The first-order valence-electron chi connectivity index (χ1n) is 4.86. The fourth-order valence-electron chi connectivity index (χ4n) is 1.23. The fourth-order valence-corrected chi connectivity index (χ4v) is 1.41. The average molecular weight is 267 g/mol. The van der Waals surface area contributed by atoms with Crippen molar-refractivity contribution in [3.63, 3.8) is 0 Å². The Kier molecular flexibility index (Phi) is 3.34.